The molecule has 0 bridgehead atoms. The highest BCUT2D eigenvalue weighted by molar-refractivity contribution is 5.38. The molecule has 1 heteroatoms. The van der Waals surface area contributed by atoms with Crippen LogP contribution in [0.3, 0.4) is 0 Å². The van der Waals surface area contributed by atoms with Crippen LogP contribution in [0.25, 0.3) is 0 Å². The highest BCUT2D eigenvalue weighted by atomic mass is 14.5. The number of hydrogen-bond acceptors (Lipinski definition) is 1. The lowest BCUT2D eigenvalue weighted by Gasteiger charge is -2.28. The largest absolute Gasteiger partial charge is 0.326 e. The topological polar surface area (TPSA) is 26.0 Å². The minimum Gasteiger partial charge on any atom is -0.326 e. The van der Waals surface area contributed by atoms with Gasteiger partial charge in [-0.15, -0.1) is 0 Å². The van der Waals surface area contributed by atoms with Gasteiger partial charge in [0, 0.05) is 12.0 Å². The highest BCUT2D eigenvalue weighted by Crippen LogP contribution is 2.32. The second-order valence-corrected chi connectivity index (χ2v) is 4.27. The van der Waals surface area contributed by atoms with Crippen LogP contribution in [-0.4, -0.2) is 0 Å². The van der Waals surface area contributed by atoms with Gasteiger partial charge in [0.05, 0.1) is 0 Å². The van der Waals surface area contributed by atoms with Crippen LogP contribution in [0.15, 0.2) is 36.4 Å². The average molecular weight is 189 g/mol. The van der Waals surface area contributed by atoms with Crippen molar-refractivity contribution in [2.75, 3.05) is 0 Å². The lowest BCUT2D eigenvalue weighted by atomic mass is 9.77. The molecule has 0 aliphatic heterocycles. The molecule has 0 spiro atoms. The van der Waals surface area contributed by atoms with E-state index in [1.165, 1.54) is 16.7 Å². The molecule has 0 aliphatic carbocycles. The fourth-order valence-corrected chi connectivity index (χ4v) is 1.54. The summed E-state index contributed by atoms with van der Waals surface area (Å²) in [6, 6.07) is 8.30. The number of rotatable bonds is 3. The molecule has 0 amide bonds. The van der Waals surface area contributed by atoms with Crippen molar-refractivity contribution in [3.8, 4) is 0 Å². The van der Waals surface area contributed by atoms with Crippen molar-refractivity contribution in [1.29, 1.82) is 0 Å². The molecule has 1 rings (SSSR count). The van der Waals surface area contributed by atoms with Crippen LogP contribution >= 0.6 is 0 Å². The molecule has 14 heavy (non-hydrogen) atoms. The zero-order valence-corrected chi connectivity index (χ0v) is 9.30. The first kappa shape index (κ1) is 11.0. The van der Waals surface area contributed by atoms with Crippen LogP contribution in [0.2, 0.25) is 0 Å². The van der Waals surface area contributed by atoms with E-state index in [1.54, 1.807) is 0 Å². The van der Waals surface area contributed by atoms with Gasteiger partial charge in [-0.3, -0.25) is 0 Å². The summed E-state index contributed by atoms with van der Waals surface area (Å²) in [5, 5.41) is 0. The fourth-order valence-electron chi connectivity index (χ4n) is 1.54. The molecule has 0 atom stereocenters. The van der Waals surface area contributed by atoms with Gasteiger partial charge in [0.2, 0.25) is 0 Å². The van der Waals surface area contributed by atoms with Crippen LogP contribution in [0.1, 0.15) is 31.9 Å². The summed E-state index contributed by atoms with van der Waals surface area (Å²) in [6.07, 6.45) is 0. The van der Waals surface area contributed by atoms with E-state index < -0.39 is 0 Å². The summed E-state index contributed by atoms with van der Waals surface area (Å²) in [5.41, 5.74) is 9.39. The van der Waals surface area contributed by atoms with Gasteiger partial charge >= 0.3 is 0 Å². The van der Waals surface area contributed by atoms with Crippen molar-refractivity contribution >= 4 is 0 Å². The van der Waals surface area contributed by atoms with Crippen LogP contribution in [0.4, 0.5) is 0 Å². The first-order valence-electron chi connectivity index (χ1n) is 4.94. The molecule has 2 N–H and O–H groups in total. The zero-order chi connectivity index (χ0) is 10.8. The van der Waals surface area contributed by atoms with E-state index in [0.717, 1.165) is 0 Å². The second-order valence-electron chi connectivity index (χ2n) is 4.27. The monoisotopic (exact) mass is 189 g/mol. The maximum absolute atomic E-state index is 5.72. The molecule has 0 unspecified atom stereocenters. The SMILES string of the molecule is C=C(C)C(C)(C)c1ccccc1CN. The molecule has 0 fully saturated rings. The summed E-state index contributed by atoms with van der Waals surface area (Å²) < 4.78 is 0. The predicted octanol–water partition coefficient (Wildman–Crippen LogP) is 3.00. The Kier molecular flexibility index (Phi) is 3.12. The Bertz CT molecular complexity index is 337. The van der Waals surface area contributed by atoms with Gasteiger partial charge in [-0.05, 0) is 18.1 Å². The Morgan fingerprint density at radius 2 is 1.93 bits per heavy atom. The molecular formula is C13H19N. The Labute approximate surface area is 86.6 Å². The summed E-state index contributed by atoms with van der Waals surface area (Å²) in [6.45, 7) is 11.1. The molecule has 76 valence electrons. The molecular weight excluding hydrogens is 170 g/mol. The maximum atomic E-state index is 5.72. The quantitative estimate of drug-likeness (QED) is 0.727. The van der Waals surface area contributed by atoms with E-state index in [2.05, 4.69) is 45.5 Å². The number of benzene rings is 1. The predicted molar refractivity (Wildman–Crippen MR) is 62.2 cm³/mol. The van der Waals surface area contributed by atoms with Gasteiger partial charge in [-0.1, -0.05) is 50.3 Å². The molecule has 1 aromatic rings. The molecule has 0 radical (unpaired) electrons. The van der Waals surface area contributed by atoms with Crippen LogP contribution in [0, 0.1) is 0 Å². The second kappa shape index (κ2) is 3.97. The van der Waals surface area contributed by atoms with Crippen LogP contribution in [-0.2, 0) is 12.0 Å². The minimum atomic E-state index is 0.00988. The number of hydrogen-bond donors (Lipinski definition) is 1. The van der Waals surface area contributed by atoms with E-state index >= 15 is 0 Å². The third-order valence-electron chi connectivity index (χ3n) is 2.98. The first-order chi connectivity index (χ1) is 6.50. The summed E-state index contributed by atoms with van der Waals surface area (Å²) in [4.78, 5) is 0. The Balaban J connectivity index is 3.24. The van der Waals surface area contributed by atoms with Gasteiger partial charge in [0.25, 0.3) is 0 Å². The molecule has 0 aromatic heterocycles. The molecule has 1 nitrogen and oxygen atoms in total. The van der Waals surface area contributed by atoms with Gasteiger partial charge in [-0.25, -0.2) is 0 Å². The van der Waals surface area contributed by atoms with Crippen molar-refractivity contribution in [3.05, 3.63) is 47.5 Å². The Morgan fingerprint density at radius 1 is 1.36 bits per heavy atom. The van der Waals surface area contributed by atoms with Crippen LogP contribution in [0.5, 0.6) is 0 Å². The van der Waals surface area contributed by atoms with Crippen molar-refractivity contribution in [2.24, 2.45) is 5.73 Å². The van der Waals surface area contributed by atoms with Gasteiger partial charge in [0.15, 0.2) is 0 Å². The highest BCUT2D eigenvalue weighted by Gasteiger charge is 2.23. The smallest absolute Gasteiger partial charge is 0.0181 e. The number of allylic oxidation sites excluding steroid dienone is 1. The Morgan fingerprint density at radius 3 is 2.43 bits per heavy atom. The van der Waals surface area contributed by atoms with Gasteiger partial charge in [-0.2, -0.15) is 0 Å². The van der Waals surface area contributed by atoms with Crippen molar-refractivity contribution in [2.45, 2.75) is 32.7 Å². The molecule has 0 saturated heterocycles. The standard InChI is InChI=1S/C13H19N/c1-10(2)13(3,4)12-8-6-5-7-11(12)9-14/h5-8H,1,9,14H2,2-4H3. The van der Waals surface area contributed by atoms with Crippen molar-refractivity contribution in [1.82, 2.24) is 0 Å². The van der Waals surface area contributed by atoms with Gasteiger partial charge in [0.1, 0.15) is 0 Å². The fraction of sp³-hybridized carbons (Fsp3) is 0.385. The van der Waals surface area contributed by atoms with Crippen molar-refractivity contribution in [3.63, 3.8) is 0 Å². The van der Waals surface area contributed by atoms with E-state index in [0.29, 0.717) is 6.54 Å². The number of nitrogens with two attached hydrogens (primary N) is 1. The third kappa shape index (κ3) is 1.88. The summed E-state index contributed by atoms with van der Waals surface area (Å²) in [5.74, 6) is 0. The van der Waals surface area contributed by atoms with E-state index in [1.807, 2.05) is 6.07 Å². The minimum absolute atomic E-state index is 0.00988. The van der Waals surface area contributed by atoms with Gasteiger partial charge < -0.3 is 5.73 Å². The Hall–Kier alpha value is -1.08. The molecule has 0 aliphatic rings. The maximum Gasteiger partial charge on any atom is 0.0181 e. The summed E-state index contributed by atoms with van der Waals surface area (Å²) >= 11 is 0. The van der Waals surface area contributed by atoms with Crippen LogP contribution < -0.4 is 5.73 Å². The first-order valence-corrected chi connectivity index (χ1v) is 4.94. The molecule has 1 aromatic carbocycles. The molecule has 0 heterocycles. The normalized spacial score (nSPS) is 11.4. The van der Waals surface area contributed by atoms with E-state index in [-0.39, 0.29) is 5.41 Å². The third-order valence-corrected chi connectivity index (χ3v) is 2.98. The average Bonchev–Trinajstić information content (AvgIpc) is 2.17. The van der Waals surface area contributed by atoms with E-state index in [9.17, 15) is 0 Å². The zero-order valence-electron chi connectivity index (χ0n) is 9.30. The lowest BCUT2D eigenvalue weighted by Crippen LogP contribution is -2.21. The van der Waals surface area contributed by atoms with E-state index in [4.69, 9.17) is 5.73 Å². The summed E-state index contributed by atoms with van der Waals surface area (Å²) in [7, 11) is 0. The molecule has 0 saturated carbocycles. The lowest BCUT2D eigenvalue weighted by molar-refractivity contribution is 0.617. The van der Waals surface area contributed by atoms with Crippen molar-refractivity contribution < 1.29 is 0 Å².